The van der Waals surface area contributed by atoms with Gasteiger partial charge in [-0.3, -0.25) is 0 Å². The first-order chi connectivity index (χ1) is 23.1. The van der Waals surface area contributed by atoms with E-state index in [9.17, 15) is 9.90 Å². The van der Waals surface area contributed by atoms with Gasteiger partial charge in [0.05, 0.1) is 18.8 Å². The lowest BCUT2D eigenvalue weighted by atomic mass is 9.57. The first kappa shape index (κ1) is 43.9. The Morgan fingerprint density at radius 2 is 1.55 bits per heavy atom. The van der Waals surface area contributed by atoms with Crippen LogP contribution in [0.15, 0.2) is 47.6 Å². The lowest BCUT2D eigenvalue weighted by molar-refractivity contribution is -0.0660. The van der Waals surface area contributed by atoms with Crippen molar-refractivity contribution in [2.24, 2.45) is 22.7 Å². The minimum absolute atomic E-state index is 0.0258. The van der Waals surface area contributed by atoms with Gasteiger partial charge >= 0.3 is 6.16 Å². The maximum absolute atomic E-state index is 12.0. The number of fused-ring (bicyclic) bond motifs is 1. The van der Waals surface area contributed by atoms with Crippen molar-refractivity contribution in [1.29, 1.82) is 0 Å². The van der Waals surface area contributed by atoms with Gasteiger partial charge in [-0.15, -0.1) is 0 Å². The molecular formula is C43H76O6Si2. The quantitative estimate of drug-likeness (QED) is 0.129. The van der Waals surface area contributed by atoms with Gasteiger partial charge in [0.2, 0.25) is 0 Å². The molecule has 0 amide bonds. The molecule has 6 nitrogen and oxygen atoms in total. The van der Waals surface area contributed by atoms with Crippen molar-refractivity contribution in [3.63, 3.8) is 0 Å². The van der Waals surface area contributed by atoms with Crippen LogP contribution in [0.2, 0.25) is 36.3 Å². The Morgan fingerprint density at radius 1 is 0.961 bits per heavy atom. The normalized spacial score (nSPS) is 29.5. The summed E-state index contributed by atoms with van der Waals surface area (Å²) in [5.74, 6) is 0.975. The Bertz CT molecular complexity index is 1340. The number of aliphatic hydroxyl groups excluding tert-OH is 1. The molecular weight excluding hydrogens is 669 g/mol. The number of rotatable bonds is 11. The fourth-order valence-electron chi connectivity index (χ4n) is 8.34. The summed E-state index contributed by atoms with van der Waals surface area (Å²) in [6.45, 7) is 40.5. The van der Waals surface area contributed by atoms with Gasteiger partial charge in [0.25, 0.3) is 0 Å². The smallest absolute Gasteiger partial charge is 0.435 e. The van der Waals surface area contributed by atoms with Gasteiger partial charge in [-0.25, -0.2) is 4.79 Å². The Hall–Kier alpha value is -1.46. The minimum atomic E-state index is -2.03. The molecule has 3 rings (SSSR count). The highest BCUT2D eigenvalue weighted by Crippen LogP contribution is 2.62. The van der Waals surface area contributed by atoms with E-state index in [0.717, 1.165) is 31.3 Å². The average Bonchev–Trinajstić information content (AvgIpc) is 3.33. The third-order valence-corrected chi connectivity index (χ3v) is 22.6. The first-order valence-corrected chi connectivity index (χ1v) is 25.6. The summed E-state index contributed by atoms with van der Waals surface area (Å²) in [6, 6.07) is 0. The number of carbonyl (C=O) groups excluding carboxylic acids is 1. The zero-order valence-electron chi connectivity index (χ0n) is 35.5. The van der Waals surface area contributed by atoms with Gasteiger partial charge in [0.1, 0.15) is 11.7 Å². The highest BCUT2D eigenvalue weighted by molar-refractivity contribution is 6.74. The Kier molecular flexibility index (Phi) is 13.5. The largest absolute Gasteiger partial charge is 0.508 e. The van der Waals surface area contributed by atoms with Gasteiger partial charge in [0.15, 0.2) is 16.6 Å². The van der Waals surface area contributed by atoms with E-state index < -0.39 is 34.5 Å². The van der Waals surface area contributed by atoms with Crippen LogP contribution < -0.4 is 0 Å². The van der Waals surface area contributed by atoms with Crippen LogP contribution in [0.5, 0.6) is 0 Å². The SMILES string of the molecule is C=C1/C(=C/C=C2\CCC[C@]3(C)[C@@H](C(C)(C)/C=C/C(O)C(C)(C)OC(=O)OCC)CC[C@@H]23)C[C@@H](O[Si](C)(C)C(C)(C)C)C[C@@H]1O[Si](C)(C)C(C)(C)C. The lowest BCUT2D eigenvalue weighted by Crippen LogP contribution is -2.49. The van der Waals surface area contributed by atoms with E-state index in [0.29, 0.717) is 11.8 Å². The number of hydrogen-bond donors (Lipinski definition) is 1. The summed E-state index contributed by atoms with van der Waals surface area (Å²) >= 11 is 0. The Morgan fingerprint density at radius 3 is 2.12 bits per heavy atom. The van der Waals surface area contributed by atoms with Crippen LogP contribution in [0.3, 0.4) is 0 Å². The number of aliphatic hydroxyl groups is 1. The van der Waals surface area contributed by atoms with Gasteiger partial charge < -0.3 is 23.4 Å². The van der Waals surface area contributed by atoms with Crippen LogP contribution >= 0.6 is 0 Å². The van der Waals surface area contributed by atoms with Crippen LogP contribution in [0.25, 0.3) is 0 Å². The topological polar surface area (TPSA) is 74.2 Å². The van der Waals surface area contributed by atoms with Gasteiger partial charge in [0, 0.05) is 6.42 Å². The standard InChI is InChI=1S/C43H76O6Si2/c1-18-46-38(45)47-42(11,12)37(44)25-27-41(9,10)36-24-23-34-31(20-19-26-43(34,36)13)21-22-32-28-33(48-50(14,15)39(3,4)5)29-35(30(32)2)49-51(16,17)40(6,7)8/h21-22,25,27,33-37,44H,2,18-20,23-24,26,28-29H2,1,3-17H3/b27-25+,31-21+,32-22+/t33-,34+,35+,36-,37?,43+/m1/s1. The van der Waals surface area contributed by atoms with E-state index >= 15 is 0 Å². The number of carbonyl (C=O) groups is 1. The Labute approximate surface area is 315 Å². The van der Waals surface area contributed by atoms with E-state index in [2.05, 4.69) is 113 Å². The zero-order valence-corrected chi connectivity index (χ0v) is 37.5. The number of hydrogen-bond acceptors (Lipinski definition) is 6. The number of allylic oxidation sites excluding steroid dienone is 4. The molecule has 0 aromatic rings. The maximum Gasteiger partial charge on any atom is 0.508 e. The average molecular weight is 745 g/mol. The molecule has 51 heavy (non-hydrogen) atoms. The third-order valence-electron chi connectivity index (χ3n) is 13.6. The summed E-state index contributed by atoms with van der Waals surface area (Å²) in [4.78, 5) is 12.0. The molecule has 3 aliphatic rings. The third kappa shape index (κ3) is 10.2. The van der Waals surface area contributed by atoms with Crippen molar-refractivity contribution in [1.82, 2.24) is 0 Å². The molecule has 0 aromatic heterocycles. The summed E-state index contributed by atoms with van der Waals surface area (Å²) < 4.78 is 24.6. The fraction of sp³-hybridized carbons (Fsp3) is 0.791. The van der Waals surface area contributed by atoms with Crippen LogP contribution in [-0.2, 0) is 18.3 Å². The summed E-state index contributed by atoms with van der Waals surface area (Å²) in [6.07, 6.45) is 14.8. The second kappa shape index (κ2) is 15.7. The van der Waals surface area contributed by atoms with Crippen molar-refractivity contribution < 1.29 is 28.2 Å². The zero-order chi connectivity index (χ0) is 39.0. The fourth-order valence-corrected chi connectivity index (χ4v) is 11.0. The van der Waals surface area contributed by atoms with Crippen molar-refractivity contribution in [3.05, 3.63) is 47.6 Å². The number of ether oxygens (including phenoxy) is 2. The van der Waals surface area contributed by atoms with Gasteiger partial charge in [-0.05, 0) is 129 Å². The molecule has 0 aromatic carbocycles. The van der Waals surface area contributed by atoms with E-state index in [1.54, 1.807) is 26.3 Å². The Balaban J connectivity index is 1.89. The molecule has 0 radical (unpaired) electrons. The van der Waals surface area contributed by atoms with E-state index in [1.165, 1.54) is 24.8 Å². The van der Waals surface area contributed by atoms with Crippen molar-refractivity contribution >= 4 is 22.8 Å². The second-order valence-electron chi connectivity index (χ2n) is 20.3. The predicted molar refractivity (Wildman–Crippen MR) is 218 cm³/mol. The highest BCUT2D eigenvalue weighted by Gasteiger charge is 2.53. The molecule has 6 atom stereocenters. The van der Waals surface area contributed by atoms with Crippen LogP contribution in [0.4, 0.5) is 4.79 Å². The molecule has 0 spiro atoms. The maximum atomic E-state index is 12.0. The van der Waals surface area contributed by atoms with Crippen LogP contribution in [-0.4, -0.2) is 58.4 Å². The molecule has 292 valence electrons. The molecule has 0 aliphatic heterocycles. The molecule has 3 aliphatic carbocycles. The van der Waals surface area contributed by atoms with E-state index in [-0.39, 0.29) is 39.7 Å². The lowest BCUT2D eigenvalue weighted by Gasteiger charge is -2.47. The first-order valence-electron chi connectivity index (χ1n) is 19.8. The van der Waals surface area contributed by atoms with Crippen molar-refractivity contribution in [3.8, 4) is 0 Å². The second-order valence-corrected chi connectivity index (χ2v) is 29.8. The van der Waals surface area contributed by atoms with Crippen LogP contribution in [0.1, 0.15) is 128 Å². The van der Waals surface area contributed by atoms with Crippen molar-refractivity contribution in [2.45, 2.75) is 188 Å². The minimum Gasteiger partial charge on any atom is -0.435 e. The van der Waals surface area contributed by atoms with Gasteiger partial charge in [-0.2, -0.15) is 0 Å². The monoisotopic (exact) mass is 745 g/mol. The summed E-state index contributed by atoms with van der Waals surface area (Å²) in [5.41, 5.74) is 2.89. The van der Waals surface area contributed by atoms with Crippen molar-refractivity contribution in [2.75, 3.05) is 6.61 Å². The molecule has 3 fully saturated rings. The predicted octanol–water partition coefficient (Wildman–Crippen LogP) is 12.1. The van der Waals surface area contributed by atoms with E-state index in [1.807, 2.05) is 6.08 Å². The van der Waals surface area contributed by atoms with E-state index in [4.69, 9.17) is 18.3 Å². The molecule has 0 heterocycles. The molecule has 1 unspecified atom stereocenters. The molecule has 1 N–H and O–H groups in total. The summed E-state index contributed by atoms with van der Waals surface area (Å²) in [7, 11) is -4.01. The molecule has 3 saturated carbocycles. The molecule has 0 bridgehead atoms. The molecule has 0 saturated heterocycles. The summed E-state index contributed by atoms with van der Waals surface area (Å²) in [5, 5.41) is 11.3. The molecule has 8 heteroatoms. The highest BCUT2D eigenvalue weighted by atomic mass is 28.4. The van der Waals surface area contributed by atoms with Crippen LogP contribution in [0, 0.1) is 22.7 Å². The van der Waals surface area contributed by atoms with Gasteiger partial charge in [-0.1, -0.05) is 98.8 Å².